The van der Waals surface area contributed by atoms with Gasteiger partial charge in [0.05, 0.1) is 0 Å². The van der Waals surface area contributed by atoms with E-state index in [1.807, 2.05) is 0 Å². The Bertz CT molecular complexity index is 2840. The van der Waals surface area contributed by atoms with Crippen LogP contribution in [0.15, 0.2) is 212 Å². The smallest absolute Gasteiger partial charge is 0.0473 e. The van der Waals surface area contributed by atoms with Gasteiger partial charge in [0, 0.05) is 17.1 Å². The molecule has 0 bridgehead atoms. The van der Waals surface area contributed by atoms with Crippen LogP contribution in [-0.4, -0.2) is 0 Å². The van der Waals surface area contributed by atoms with Crippen LogP contribution in [0.2, 0.25) is 0 Å². The maximum Gasteiger partial charge on any atom is 0.0473 e. The Labute approximate surface area is 309 Å². The van der Waals surface area contributed by atoms with E-state index in [-0.39, 0.29) is 0 Å². The van der Waals surface area contributed by atoms with Gasteiger partial charge in [-0.3, -0.25) is 0 Å². The Morgan fingerprint density at radius 2 is 0.642 bits per heavy atom. The number of rotatable bonds is 6. The third-order valence-corrected chi connectivity index (χ3v) is 10.6. The molecule has 0 atom stereocenters. The number of fused-ring (bicyclic) bond motifs is 7. The van der Waals surface area contributed by atoms with Crippen molar-refractivity contribution >= 4 is 60.2 Å². The van der Waals surface area contributed by atoms with Gasteiger partial charge in [0.25, 0.3) is 0 Å². The largest absolute Gasteiger partial charge is 0.310 e. The van der Waals surface area contributed by atoms with Gasteiger partial charge in [0.1, 0.15) is 0 Å². The molecule has 0 amide bonds. The van der Waals surface area contributed by atoms with Crippen LogP contribution in [0.4, 0.5) is 17.1 Å². The quantitative estimate of drug-likeness (QED) is 0.159. The molecule has 0 N–H and O–H groups in total. The van der Waals surface area contributed by atoms with Crippen LogP contribution in [0.3, 0.4) is 0 Å². The van der Waals surface area contributed by atoms with E-state index in [1.165, 1.54) is 76.5 Å². The van der Waals surface area contributed by atoms with Gasteiger partial charge in [-0.2, -0.15) is 0 Å². The molecule has 0 saturated carbocycles. The molecule has 0 unspecified atom stereocenters. The fourth-order valence-corrected chi connectivity index (χ4v) is 7.98. The summed E-state index contributed by atoms with van der Waals surface area (Å²) < 4.78 is 0. The number of benzene rings is 10. The van der Waals surface area contributed by atoms with Crippen molar-refractivity contribution in [1.29, 1.82) is 0 Å². The Hall–Kier alpha value is -6.96. The summed E-state index contributed by atoms with van der Waals surface area (Å²) in [5, 5.41) is 10.1. The molecule has 0 fully saturated rings. The van der Waals surface area contributed by atoms with Crippen molar-refractivity contribution in [2.45, 2.75) is 0 Å². The zero-order chi connectivity index (χ0) is 35.1. The highest BCUT2D eigenvalue weighted by Crippen LogP contribution is 2.43. The number of anilines is 3. The first-order valence-corrected chi connectivity index (χ1v) is 18.3. The normalized spacial score (nSPS) is 11.4. The number of nitrogens with zero attached hydrogens (tertiary/aromatic N) is 1. The third-order valence-electron chi connectivity index (χ3n) is 10.6. The lowest BCUT2D eigenvalue weighted by atomic mass is 9.92. The average Bonchev–Trinajstić information content (AvgIpc) is 3.24. The summed E-state index contributed by atoms with van der Waals surface area (Å²) in [5.74, 6) is 0. The van der Waals surface area contributed by atoms with E-state index in [0.29, 0.717) is 0 Å². The molecule has 0 spiro atoms. The fraction of sp³-hybridized carbons (Fsp3) is 0. The molecule has 1 nitrogen and oxygen atoms in total. The van der Waals surface area contributed by atoms with Crippen LogP contribution in [0.1, 0.15) is 0 Å². The zero-order valence-electron chi connectivity index (χ0n) is 29.2. The van der Waals surface area contributed by atoms with Gasteiger partial charge in [0.15, 0.2) is 0 Å². The summed E-state index contributed by atoms with van der Waals surface area (Å²) in [4.78, 5) is 2.43. The topological polar surface area (TPSA) is 3.24 Å². The molecule has 0 radical (unpaired) electrons. The molecule has 0 saturated heterocycles. The lowest BCUT2D eigenvalue weighted by molar-refractivity contribution is 1.29. The third kappa shape index (κ3) is 5.60. The molecule has 0 aromatic heterocycles. The van der Waals surface area contributed by atoms with E-state index in [1.54, 1.807) is 0 Å². The summed E-state index contributed by atoms with van der Waals surface area (Å²) in [6, 6.07) is 77.3. The van der Waals surface area contributed by atoms with Gasteiger partial charge >= 0.3 is 0 Å². The maximum absolute atomic E-state index is 2.43. The molecule has 248 valence electrons. The van der Waals surface area contributed by atoms with Gasteiger partial charge in [-0.1, -0.05) is 170 Å². The first kappa shape index (κ1) is 30.8. The maximum atomic E-state index is 2.43. The van der Waals surface area contributed by atoms with Gasteiger partial charge in [0.2, 0.25) is 0 Å². The first-order valence-electron chi connectivity index (χ1n) is 18.3. The van der Waals surface area contributed by atoms with Gasteiger partial charge in [-0.25, -0.2) is 0 Å². The fourth-order valence-electron chi connectivity index (χ4n) is 7.98. The summed E-state index contributed by atoms with van der Waals surface area (Å²) in [6.07, 6.45) is 0. The predicted molar refractivity (Wildman–Crippen MR) is 227 cm³/mol. The van der Waals surface area contributed by atoms with Gasteiger partial charge in [-0.15, -0.1) is 0 Å². The summed E-state index contributed by atoms with van der Waals surface area (Å²) in [5.41, 5.74) is 10.4. The molecule has 0 aliphatic heterocycles. The van der Waals surface area contributed by atoms with Crippen LogP contribution in [-0.2, 0) is 0 Å². The van der Waals surface area contributed by atoms with Crippen molar-refractivity contribution in [2.24, 2.45) is 0 Å². The molecule has 0 aliphatic carbocycles. The minimum atomic E-state index is 1.10. The molecule has 0 aliphatic rings. The molecule has 0 heterocycles. The lowest BCUT2D eigenvalue weighted by Crippen LogP contribution is -2.10. The van der Waals surface area contributed by atoms with Crippen molar-refractivity contribution in [3.05, 3.63) is 212 Å². The van der Waals surface area contributed by atoms with Crippen LogP contribution in [0.5, 0.6) is 0 Å². The summed E-state index contributed by atoms with van der Waals surface area (Å²) >= 11 is 0. The highest BCUT2D eigenvalue weighted by molar-refractivity contribution is 6.27. The van der Waals surface area contributed by atoms with E-state index >= 15 is 0 Å². The van der Waals surface area contributed by atoms with E-state index < -0.39 is 0 Å². The van der Waals surface area contributed by atoms with Crippen LogP contribution in [0, 0.1) is 0 Å². The summed E-state index contributed by atoms with van der Waals surface area (Å²) in [6.45, 7) is 0. The second kappa shape index (κ2) is 13.0. The van der Waals surface area contributed by atoms with Gasteiger partial charge < -0.3 is 4.90 Å². The van der Waals surface area contributed by atoms with E-state index in [4.69, 9.17) is 0 Å². The zero-order valence-corrected chi connectivity index (χ0v) is 29.2. The van der Waals surface area contributed by atoms with Crippen molar-refractivity contribution in [1.82, 2.24) is 0 Å². The Morgan fingerprint density at radius 3 is 1.23 bits per heavy atom. The molecular weight excluding hydrogens is 639 g/mol. The van der Waals surface area contributed by atoms with Crippen LogP contribution >= 0.6 is 0 Å². The number of hydrogen-bond acceptors (Lipinski definition) is 1. The SMILES string of the molecule is c1ccc(-c2ccc(N(c3cc(-c4ccccc4)cc(-c4ccccc4)c3)c3ccc4ccc5ccc6ccc7ccccc7c6c5c4c3)cc2)cc1. The minimum Gasteiger partial charge on any atom is -0.310 e. The average molecular weight is 674 g/mol. The van der Waals surface area contributed by atoms with Crippen molar-refractivity contribution in [2.75, 3.05) is 4.90 Å². The second-order valence-electron chi connectivity index (χ2n) is 13.8. The molecular formula is C52H35N. The Kier molecular flexibility index (Phi) is 7.55. The highest BCUT2D eigenvalue weighted by Gasteiger charge is 2.18. The first-order chi connectivity index (χ1) is 26.3. The number of hydrogen-bond donors (Lipinski definition) is 0. The Balaban J connectivity index is 1.25. The monoisotopic (exact) mass is 673 g/mol. The van der Waals surface area contributed by atoms with E-state index in [9.17, 15) is 0 Å². The van der Waals surface area contributed by atoms with Crippen LogP contribution < -0.4 is 4.90 Å². The van der Waals surface area contributed by atoms with Crippen molar-refractivity contribution in [3.63, 3.8) is 0 Å². The van der Waals surface area contributed by atoms with Crippen LogP contribution in [0.25, 0.3) is 76.5 Å². The molecule has 53 heavy (non-hydrogen) atoms. The van der Waals surface area contributed by atoms with E-state index in [0.717, 1.165) is 17.1 Å². The standard InChI is InChI=1S/C52H35N/c1-4-12-36(13-5-1)39-26-29-46(30-27-39)53(48-33-44(37-14-6-2-7-15-37)32-45(34-48)38-16-8-3-9-17-38)47-31-28-41-21-23-43-25-24-42-22-20-40-18-10-11-19-49(40)51(42)52(43)50(41)35-47/h1-35H. The second-order valence-corrected chi connectivity index (χ2v) is 13.8. The van der Waals surface area contributed by atoms with Crippen molar-refractivity contribution < 1.29 is 0 Å². The van der Waals surface area contributed by atoms with Crippen molar-refractivity contribution in [3.8, 4) is 33.4 Å². The molecule has 10 aromatic rings. The molecule has 10 rings (SSSR count). The minimum absolute atomic E-state index is 1.10. The van der Waals surface area contributed by atoms with E-state index in [2.05, 4.69) is 217 Å². The lowest BCUT2D eigenvalue weighted by Gasteiger charge is -2.27. The predicted octanol–water partition coefficient (Wildman–Crippen LogP) is 14.8. The molecule has 1 heteroatoms. The highest BCUT2D eigenvalue weighted by atomic mass is 15.1. The Morgan fingerprint density at radius 1 is 0.226 bits per heavy atom. The molecule has 10 aromatic carbocycles. The summed E-state index contributed by atoms with van der Waals surface area (Å²) in [7, 11) is 0. The van der Waals surface area contributed by atoms with Gasteiger partial charge in [-0.05, 0) is 119 Å².